The van der Waals surface area contributed by atoms with Crippen LogP contribution in [0.4, 0.5) is 5.69 Å². The molecular formula is C22H28N3O5P. The number of aromatic nitrogens is 1. The average molecular weight is 445 g/mol. The van der Waals surface area contributed by atoms with Gasteiger partial charge in [-0.25, -0.2) is 9.76 Å². The zero-order valence-corrected chi connectivity index (χ0v) is 19.3. The number of hydrogen-bond donors (Lipinski definition) is 2. The van der Waals surface area contributed by atoms with Gasteiger partial charge in [-0.15, -0.1) is 0 Å². The summed E-state index contributed by atoms with van der Waals surface area (Å²) in [6, 6.07) is 8.26. The maximum Gasteiger partial charge on any atom is 0.323 e. The number of nitrogens with one attached hydrogen (secondary N) is 2. The van der Waals surface area contributed by atoms with Gasteiger partial charge >= 0.3 is 5.97 Å². The summed E-state index contributed by atoms with van der Waals surface area (Å²) in [5.74, 6) is -0.969. The zero-order chi connectivity index (χ0) is 22.8. The Morgan fingerprint density at radius 1 is 1.32 bits per heavy atom. The summed E-state index contributed by atoms with van der Waals surface area (Å²) in [5, 5.41) is 2.82. The minimum atomic E-state index is -3.68. The second-order valence-electron chi connectivity index (χ2n) is 7.46. The van der Waals surface area contributed by atoms with E-state index in [0.717, 1.165) is 17.0 Å². The molecule has 9 heteroatoms. The Kier molecular flexibility index (Phi) is 6.84. The summed E-state index contributed by atoms with van der Waals surface area (Å²) in [5.41, 5.74) is 4.39. The molecule has 1 aromatic heterocycles. The van der Waals surface area contributed by atoms with E-state index in [1.165, 1.54) is 11.8 Å². The lowest BCUT2D eigenvalue weighted by Gasteiger charge is -2.30. The summed E-state index contributed by atoms with van der Waals surface area (Å²) < 4.78 is 25.5. The van der Waals surface area contributed by atoms with E-state index in [1.54, 1.807) is 32.1 Å². The molecule has 0 radical (unpaired) electrons. The fourth-order valence-electron chi connectivity index (χ4n) is 3.68. The highest BCUT2D eigenvalue weighted by Crippen LogP contribution is 2.55. The van der Waals surface area contributed by atoms with Gasteiger partial charge in [-0.1, -0.05) is 18.2 Å². The van der Waals surface area contributed by atoms with Crippen molar-refractivity contribution in [2.24, 2.45) is 0 Å². The van der Waals surface area contributed by atoms with Crippen LogP contribution in [-0.4, -0.2) is 43.0 Å². The number of carbonyl (C=O) groups excluding carboxylic acids is 2. The Balaban J connectivity index is 2.07. The molecule has 0 saturated heterocycles. The van der Waals surface area contributed by atoms with E-state index in [4.69, 9.17) is 9.47 Å². The Bertz CT molecular complexity index is 1070. The number of nitrogens with zero attached hydrogens (tertiary/aromatic N) is 1. The smallest absolute Gasteiger partial charge is 0.323 e. The van der Waals surface area contributed by atoms with Crippen LogP contribution >= 0.6 is 7.44 Å². The molecule has 31 heavy (non-hydrogen) atoms. The number of para-hydroxylation sites is 1. The van der Waals surface area contributed by atoms with E-state index in [0.29, 0.717) is 16.8 Å². The lowest BCUT2D eigenvalue weighted by Crippen LogP contribution is -2.40. The zero-order valence-electron chi connectivity index (χ0n) is 18.4. The van der Waals surface area contributed by atoms with Crippen LogP contribution in [0.2, 0.25) is 0 Å². The third kappa shape index (κ3) is 4.51. The molecule has 0 spiro atoms. The fraction of sp³-hybridized carbons (Fsp3) is 0.364. The van der Waals surface area contributed by atoms with E-state index in [1.807, 2.05) is 32.0 Å². The summed E-state index contributed by atoms with van der Waals surface area (Å²) in [6.07, 6.45) is 1.51. The summed E-state index contributed by atoms with van der Waals surface area (Å²) in [4.78, 5) is 28.9. The number of amides is 1. The summed E-state index contributed by atoms with van der Waals surface area (Å²) in [7, 11) is -2.28. The van der Waals surface area contributed by atoms with Crippen molar-refractivity contribution >= 4 is 36.7 Å². The number of esters is 1. The normalized spacial score (nSPS) is 17.5. The molecule has 2 aromatic rings. The predicted octanol–water partition coefficient (Wildman–Crippen LogP) is 3.86. The third-order valence-electron chi connectivity index (χ3n) is 4.99. The van der Waals surface area contributed by atoms with E-state index in [9.17, 15) is 14.2 Å². The third-order valence-corrected chi connectivity index (χ3v) is 7.43. The number of methoxy groups -OCH3 is 1. The molecule has 1 aromatic carbocycles. The van der Waals surface area contributed by atoms with Crippen molar-refractivity contribution < 1.29 is 23.6 Å². The second-order valence-corrected chi connectivity index (χ2v) is 9.78. The van der Waals surface area contributed by atoms with Gasteiger partial charge in [-0.2, -0.15) is 0 Å². The maximum atomic E-state index is 14.0. The second kappa shape index (κ2) is 9.22. The number of benzene rings is 1. The SMILES string of the molecule is CCOC(=O)C(C)NP(=O)(COC)N1C(=O)/C(=C\c2[nH]c(C)cc2C)c2ccccc21. The van der Waals surface area contributed by atoms with Crippen molar-refractivity contribution in [1.82, 2.24) is 10.1 Å². The van der Waals surface area contributed by atoms with Crippen molar-refractivity contribution in [3.8, 4) is 0 Å². The van der Waals surface area contributed by atoms with E-state index in [-0.39, 0.29) is 13.0 Å². The first-order valence-corrected chi connectivity index (χ1v) is 11.9. The van der Waals surface area contributed by atoms with E-state index in [2.05, 4.69) is 10.1 Å². The number of aryl methyl sites for hydroxylation is 2. The lowest BCUT2D eigenvalue weighted by atomic mass is 10.1. The van der Waals surface area contributed by atoms with Gasteiger partial charge in [0.15, 0.2) is 0 Å². The molecule has 1 aliphatic rings. The van der Waals surface area contributed by atoms with Crippen LogP contribution in [0.25, 0.3) is 11.6 Å². The molecule has 2 unspecified atom stereocenters. The molecule has 8 nitrogen and oxygen atoms in total. The summed E-state index contributed by atoms with van der Waals surface area (Å²) in [6.45, 7) is 7.35. The number of anilines is 1. The molecule has 2 N–H and O–H groups in total. The van der Waals surface area contributed by atoms with Gasteiger partial charge in [-0.05, 0) is 51.5 Å². The Morgan fingerprint density at radius 3 is 2.65 bits per heavy atom. The van der Waals surface area contributed by atoms with Gasteiger partial charge in [0.25, 0.3) is 13.4 Å². The first-order valence-electron chi connectivity index (χ1n) is 10.1. The molecule has 0 bridgehead atoms. The molecule has 2 heterocycles. The molecule has 1 aliphatic heterocycles. The van der Waals surface area contributed by atoms with E-state index >= 15 is 0 Å². The van der Waals surface area contributed by atoms with Crippen LogP contribution in [0, 0.1) is 13.8 Å². The average Bonchev–Trinajstić information content (AvgIpc) is 3.18. The Labute approximate surface area is 182 Å². The van der Waals surface area contributed by atoms with Crippen molar-refractivity contribution in [2.45, 2.75) is 33.7 Å². The molecule has 2 atom stereocenters. The van der Waals surface area contributed by atoms with Gasteiger partial charge in [0, 0.05) is 24.1 Å². The van der Waals surface area contributed by atoms with Gasteiger partial charge in [0.1, 0.15) is 12.4 Å². The first-order chi connectivity index (χ1) is 14.7. The van der Waals surface area contributed by atoms with Crippen LogP contribution in [-0.2, 0) is 23.6 Å². The molecule has 0 fully saturated rings. The number of H-pyrrole nitrogens is 1. The summed E-state index contributed by atoms with van der Waals surface area (Å²) >= 11 is 0. The van der Waals surface area contributed by atoms with Gasteiger partial charge < -0.3 is 14.5 Å². The van der Waals surface area contributed by atoms with Crippen molar-refractivity contribution in [2.75, 3.05) is 24.7 Å². The highest BCUT2D eigenvalue weighted by atomic mass is 31.2. The molecule has 3 rings (SSSR count). The number of fused-ring (bicyclic) bond motifs is 1. The van der Waals surface area contributed by atoms with Gasteiger partial charge in [-0.3, -0.25) is 14.2 Å². The van der Waals surface area contributed by atoms with Crippen molar-refractivity contribution in [1.29, 1.82) is 0 Å². The van der Waals surface area contributed by atoms with E-state index < -0.39 is 25.4 Å². The Hall–Kier alpha value is -2.67. The van der Waals surface area contributed by atoms with Gasteiger partial charge in [0.05, 0.1) is 17.9 Å². The number of aromatic amines is 1. The lowest BCUT2D eigenvalue weighted by molar-refractivity contribution is -0.144. The standard InChI is InChI=1S/C22H28N3O5P/c1-6-30-22(27)16(4)24-31(28,13-29-5)25-20-10-8-7-9-17(20)18(21(25)26)12-19-14(2)11-15(3)23-19/h7-12,16,23H,6,13H2,1-5H3,(H,24,28)/b18-12-. The maximum absolute atomic E-state index is 14.0. The van der Waals surface area contributed by atoms with Crippen LogP contribution in [0.3, 0.4) is 0 Å². The molecule has 1 amide bonds. The number of hydrogen-bond acceptors (Lipinski definition) is 5. The van der Waals surface area contributed by atoms with Crippen LogP contribution < -0.4 is 9.76 Å². The van der Waals surface area contributed by atoms with Crippen LogP contribution in [0.1, 0.15) is 36.4 Å². The largest absolute Gasteiger partial charge is 0.465 e. The predicted molar refractivity (Wildman–Crippen MR) is 121 cm³/mol. The minimum absolute atomic E-state index is 0.201. The van der Waals surface area contributed by atoms with Crippen molar-refractivity contribution in [3.05, 3.63) is 52.8 Å². The molecule has 0 aliphatic carbocycles. The quantitative estimate of drug-likeness (QED) is 0.364. The van der Waals surface area contributed by atoms with Gasteiger partial charge in [0.2, 0.25) is 0 Å². The number of ether oxygens (including phenoxy) is 2. The minimum Gasteiger partial charge on any atom is -0.465 e. The monoisotopic (exact) mass is 445 g/mol. The number of rotatable bonds is 8. The highest BCUT2D eigenvalue weighted by molar-refractivity contribution is 7.64. The first kappa shape index (κ1) is 23.0. The van der Waals surface area contributed by atoms with Crippen molar-refractivity contribution in [3.63, 3.8) is 0 Å². The molecule has 166 valence electrons. The fourth-order valence-corrected chi connectivity index (χ4v) is 5.97. The Morgan fingerprint density at radius 2 is 2.03 bits per heavy atom. The van der Waals surface area contributed by atoms with Crippen LogP contribution in [0.15, 0.2) is 30.3 Å². The highest BCUT2D eigenvalue weighted by Gasteiger charge is 2.45. The van der Waals surface area contributed by atoms with Crippen LogP contribution in [0.5, 0.6) is 0 Å². The molecular weight excluding hydrogens is 417 g/mol. The number of carbonyl (C=O) groups is 2. The molecule has 0 saturated carbocycles. The topological polar surface area (TPSA) is 101 Å².